The third kappa shape index (κ3) is 4.11. The monoisotopic (exact) mass is 218 g/mol. The minimum Gasteiger partial charge on any atom is -0.397 e. The van der Waals surface area contributed by atoms with Crippen LogP contribution in [-0.2, 0) is 8.85 Å². The molecule has 0 radical (unpaired) electrons. The molecule has 86 valence electrons. The summed E-state index contributed by atoms with van der Waals surface area (Å²) in [6.07, 6.45) is 5.18. The quantitative estimate of drug-likeness (QED) is 0.457. The Hall–Kier alpha value is 0.137. The summed E-state index contributed by atoms with van der Waals surface area (Å²) in [5.41, 5.74) is 0.541. The van der Waals surface area contributed by atoms with E-state index >= 15 is 0 Å². The first-order chi connectivity index (χ1) is 6.63. The van der Waals surface area contributed by atoms with Gasteiger partial charge < -0.3 is 8.85 Å². The highest BCUT2D eigenvalue weighted by molar-refractivity contribution is 6.68. The van der Waals surface area contributed by atoms with E-state index in [4.69, 9.17) is 8.85 Å². The first-order valence-electron chi connectivity index (χ1n) is 5.73. The van der Waals surface area contributed by atoms with Crippen molar-refractivity contribution < 1.29 is 8.85 Å². The third-order valence-corrected chi connectivity index (χ3v) is 7.14. The summed E-state index contributed by atoms with van der Waals surface area (Å²) in [5, 5.41) is 0. The van der Waals surface area contributed by atoms with Crippen LogP contribution in [0.4, 0.5) is 0 Å². The predicted octanol–water partition coefficient (Wildman–Crippen LogP) is 3.71. The number of hydrogen-bond donors (Lipinski definition) is 0. The smallest absolute Gasteiger partial charge is 0.340 e. The van der Waals surface area contributed by atoms with Crippen LogP contribution in [0.1, 0.15) is 46.5 Å². The van der Waals surface area contributed by atoms with Crippen molar-refractivity contribution in [2.45, 2.75) is 58.0 Å². The number of rotatable bonds is 8. The van der Waals surface area contributed by atoms with Crippen LogP contribution < -0.4 is 0 Å². The summed E-state index contributed by atoms with van der Waals surface area (Å²) >= 11 is 0. The van der Waals surface area contributed by atoms with E-state index in [0.717, 1.165) is 6.04 Å². The highest BCUT2D eigenvalue weighted by Crippen LogP contribution is 2.28. The number of hydrogen-bond acceptors (Lipinski definition) is 2. The first-order valence-corrected chi connectivity index (χ1v) is 7.83. The van der Waals surface area contributed by atoms with Crippen molar-refractivity contribution in [2.24, 2.45) is 0 Å². The van der Waals surface area contributed by atoms with E-state index in [1.807, 2.05) is 0 Å². The molecule has 0 rings (SSSR count). The van der Waals surface area contributed by atoms with E-state index < -0.39 is 8.56 Å². The van der Waals surface area contributed by atoms with Gasteiger partial charge in [-0.1, -0.05) is 46.5 Å². The van der Waals surface area contributed by atoms with Crippen molar-refractivity contribution in [3.05, 3.63) is 0 Å². The molecule has 0 N–H and O–H groups in total. The van der Waals surface area contributed by atoms with E-state index in [1.165, 1.54) is 25.7 Å². The Balaban J connectivity index is 3.95. The summed E-state index contributed by atoms with van der Waals surface area (Å²) in [6.45, 7) is 6.65. The maximum absolute atomic E-state index is 5.65. The molecule has 0 aromatic carbocycles. The second-order valence-corrected chi connectivity index (χ2v) is 8.28. The second kappa shape index (κ2) is 7.43. The average molecular weight is 218 g/mol. The zero-order chi connectivity index (χ0) is 11.0. The van der Waals surface area contributed by atoms with Gasteiger partial charge in [0, 0.05) is 14.2 Å². The van der Waals surface area contributed by atoms with Gasteiger partial charge in [0.25, 0.3) is 0 Å². The van der Waals surface area contributed by atoms with E-state index in [0.29, 0.717) is 5.54 Å². The Bertz CT molecular complexity index is 133. The Morgan fingerprint density at radius 3 is 1.93 bits per heavy atom. The molecule has 0 unspecified atom stereocenters. The largest absolute Gasteiger partial charge is 0.397 e. The summed E-state index contributed by atoms with van der Waals surface area (Å²) in [5.74, 6) is 0. The molecule has 2 nitrogen and oxygen atoms in total. The van der Waals surface area contributed by atoms with Gasteiger partial charge >= 0.3 is 8.56 Å². The molecule has 0 atom stereocenters. The maximum Gasteiger partial charge on any atom is 0.340 e. The Labute approximate surface area is 90.2 Å². The van der Waals surface area contributed by atoms with Crippen LogP contribution in [0.3, 0.4) is 0 Å². The molecular weight excluding hydrogens is 192 g/mol. The zero-order valence-corrected chi connectivity index (χ0v) is 11.4. The molecule has 0 aromatic rings. The molecule has 0 aliphatic rings. The van der Waals surface area contributed by atoms with Gasteiger partial charge in [0.05, 0.1) is 0 Å². The van der Waals surface area contributed by atoms with Crippen LogP contribution >= 0.6 is 0 Å². The van der Waals surface area contributed by atoms with Crippen LogP contribution in [0, 0.1) is 0 Å². The van der Waals surface area contributed by atoms with E-state index in [9.17, 15) is 0 Å². The lowest BCUT2D eigenvalue weighted by atomic mass is 10.2. The fourth-order valence-electron chi connectivity index (χ4n) is 1.85. The lowest BCUT2D eigenvalue weighted by molar-refractivity contribution is 0.231. The predicted molar refractivity (Wildman–Crippen MR) is 63.8 cm³/mol. The van der Waals surface area contributed by atoms with E-state index in [2.05, 4.69) is 20.8 Å². The van der Waals surface area contributed by atoms with Crippen LogP contribution in [-0.4, -0.2) is 22.8 Å². The van der Waals surface area contributed by atoms with Gasteiger partial charge in [-0.2, -0.15) is 0 Å². The van der Waals surface area contributed by atoms with Gasteiger partial charge in [-0.3, -0.25) is 0 Å². The summed E-state index contributed by atoms with van der Waals surface area (Å²) in [7, 11) is 1.73. The van der Waals surface area contributed by atoms with Gasteiger partial charge in [0.15, 0.2) is 0 Å². The average Bonchev–Trinajstić information content (AvgIpc) is 2.18. The fourth-order valence-corrected chi connectivity index (χ4v) is 4.68. The summed E-state index contributed by atoms with van der Waals surface area (Å²) in [6, 6.07) is 1.14. The minimum absolute atomic E-state index is 0.541. The molecule has 0 heterocycles. The van der Waals surface area contributed by atoms with Crippen molar-refractivity contribution in [2.75, 3.05) is 14.2 Å². The van der Waals surface area contributed by atoms with Gasteiger partial charge in [-0.05, 0) is 11.6 Å². The van der Waals surface area contributed by atoms with Crippen LogP contribution in [0.2, 0.25) is 11.6 Å². The fraction of sp³-hybridized carbons (Fsp3) is 1.00. The summed E-state index contributed by atoms with van der Waals surface area (Å²) < 4.78 is 11.3. The molecule has 3 heteroatoms. The van der Waals surface area contributed by atoms with E-state index in [-0.39, 0.29) is 0 Å². The Morgan fingerprint density at radius 1 is 1.00 bits per heavy atom. The molecular formula is C11H26O2Si. The van der Waals surface area contributed by atoms with Crippen molar-refractivity contribution in [3.63, 3.8) is 0 Å². The molecule has 0 bridgehead atoms. The SMILES string of the molecule is CCCCCC[Si](OC)(OC)C(C)C. The van der Waals surface area contributed by atoms with Crippen molar-refractivity contribution in [1.29, 1.82) is 0 Å². The van der Waals surface area contributed by atoms with Crippen LogP contribution in [0.25, 0.3) is 0 Å². The Kier molecular flexibility index (Phi) is 7.50. The molecule has 14 heavy (non-hydrogen) atoms. The third-order valence-electron chi connectivity index (χ3n) is 2.95. The highest BCUT2D eigenvalue weighted by atomic mass is 28.4. The molecule has 0 saturated carbocycles. The van der Waals surface area contributed by atoms with Crippen molar-refractivity contribution in [3.8, 4) is 0 Å². The molecule has 0 fully saturated rings. The summed E-state index contributed by atoms with van der Waals surface area (Å²) in [4.78, 5) is 0. The van der Waals surface area contributed by atoms with Gasteiger partial charge in [-0.25, -0.2) is 0 Å². The maximum atomic E-state index is 5.65. The van der Waals surface area contributed by atoms with Crippen LogP contribution in [0.15, 0.2) is 0 Å². The second-order valence-electron chi connectivity index (χ2n) is 4.19. The molecule has 0 aromatic heterocycles. The van der Waals surface area contributed by atoms with Gasteiger partial charge in [0.1, 0.15) is 0 Å². The molecule has 0 aliphatic carbocycles. The molecule has 0 aliphatic heterocycles. The Morgan fingerprint density at radius 2 is 1.57 bits per heavy atom. The lowest BCUT2D eigenvalue weighted by Crippen LogP contribution is -2.43. The topological polar surface area (TPSA) is 18.5 Å². The van der Waals surface area contributed by atoms with Crippen molar-refractivity contribution >= 4 is 8.56 Å². The molecule has 0 saturated heterocycles. The molecule has 0 spiro atoms. The van der Waals surface area contributed by atoms with Crippen molar-refractivity contribution in [1.82, 2.24) is 0 Å². The molecule has 0 amide bonds. The minimum atomic E-state index is -1.87. The highest BCUT2D eigenvalue weighted by Gasteiger charge is 2.38. The van der Waals surface area contributed by atoms with Gasteiger partial charge in [0.2, 0.25) is 0 Å². The van der Waals surface area contributed by atoms with Crippen LogP contribution in [0.5, 0.6) is 0 Å². The number of unbranched alkanes of at least 4 members (excludes halogenated alkanes) is 3. The van der Waals surface area contributed by atoms with Gasteiger partial charge in [-0.15, -0.1) is 0 Å². The zero-order valence-electron chi connectivity index (χ0n) is 10.4. The van der Waals surface area contributed by atoms with E-state index in [1.54, 1.807) is 14.2 Å². The standard InChI is InChI=1S/C11H26O2Si/c1-6-7-8-9-10-14(12-4,13-5)11(2)3/h11H,6-10H2,1-5H3. The lowest BCUT2D eigenvalue weighted by Gasteiger charge is -2.31. The normalized spacial score (nSPS) is 12.4. The first kappa shape index (κ1) is 14.1.